The number of hydrogen-bond donors (Lipinski definition) is 0. The minimum absolute atomic E-state index is 0.0528. The van der Waals surface area contributed by atoms with Crippen LogP contribution in [-0.4, -0.2) is 27.1 Å². The van der Waals surface area contributed by atoms with Crippen molar-refractivity contribution in [2.75, 3.05) is 6.61 Å². The number of ether oxygens (including phenoxy) is 2. The highest BCUT2D eigenvalue weighted by molar-refractivity contribution is 7.90. The number of carbonyl (C=O) groups excluding carboxylic acids is 1. The van der Waals surface area contributed by atoms with Gasteiger partial charge in [-0.15, -0.1) is 0 Å². The second-order valence-corrected chi connectivity index (χ2v) is 8.75. The van der Waals surface area contributed by atoms with Crippen LogP contribution in [0.1, 0.15) is 22.8 Å². The van der Waals surface area contributed by atoms with Crippen LogP contribution >= 0.6 is 0 Å². The summed E-state index contributed by atoms with van der Waals surface area (Å²) in [5.41, 5.74) is 0.727. The molecule has 156 valence electrons. The van der Waals surface area contributed by atoms with E-state index in [2.05, 4.69) is 0 Å². The molecule has 30 heavy (non-hydrogen) atoms. The third-order valence-electron chi connectivity index (χ3n) is 4.21. The molecule has 7 heteroatoms. The Balaban J connectivity index is 1.61. The molecular formula is C23H21FO5S. The molecule has 0 spiro atoms. The summed E-state index contributed by atoms with van der Waals surface area (Å²) in [5, 5.41) is 0. The zero-order valence-corrected chi connectivity index (χ0v) is 17.1. The van der Waals surface area contributed by atoms with Gasteiger partial charge >= 0.3 is 5.97 Å². The van der Waals surface area contributed by atoms with E-state index in [4.69, 9.17) is 9.47 Å². The number of halogens is 1. The molecule has 0 bridgehead atoms. The van der Waals surface area contributed by atoms with E-state index in [-0.39, 0.29) is 22.8 Å². The molecule has 0 saturated carbocycles. The zero-order chi connectivity index (χ0) is 21.6. The fourth-order valence-electron chi connectivity index (χ4n) is 2.77. The van der Waals surface area contributed by atoms with Gasteiger partial charge in [0.25, 0.3) is 0 Å². The van der Waals surface area contributed by atoms with Crippen molar-refractivity contribution in [3.8, 4) is 5.75 Å². The number of carbonyl (C=O) groups is 1. The van der Waals surface area contributed by atoms with E-state index in [1.807, 2.05) is 0 Å². The topological polar surface area (TPSA) is 69.7 Å². The number of esters is 1. The lowest BCUT2D eigenvalue weighted by Gasteiger charge is -2.15. The van der Waals surface area contributed by atoms with Crippen molar-refractivity contribution < 1.29 is 27.1 Å². The zero-order valence-electron chi connectivity index (χ0n) is 16.3. The number of hydrogen-bond acceptors (Lipinski definition) is 5. The van der Waals surface area contributed by atoms with Crippen molar-refractivity contribution in [2.45, 2.75) is 23.7 Å². The van der Waals surface area contributed by atoms with Crippen LogP contribution in [0.3, 0.4) is 0 Å². The maximum atomic E-state index is 13.2. The second kappa shape index (κ2) is 9.54. The minimum Gasteiger partial charge on any atom is -0.490 e. The van der Waals surface area contributed by atoms with Crippen LogP contribution in [0.25, 0.3) is 0 Å². The number of rotatable bonds is 8. The average molecular weight is 428 g/mol. The largest absolute Gasteiger partial charge is 0.490 e. The first kappa shape index (κ1) is 21.5. The highest BCUT2D eigenvalue weighted by Crippen LogP contribution is 2.18. The fourth-order valence-corrected chi connectivity index (χ4v) is 4.13. The lowest BCUT2D eigenvalue weighted by Crippen LogP contribution is -2.22. The summed E-state index contributed by atoms with van der Waals surface area (Å²) in [6.45, 7) is 1.71. The predicted octanol–water partition coefficient (Wildman–Crippen LogP) is 4.42. The first-order chi connectivity index (χ1) is 14.3. The third kappa shape index (κ3) is 5.90. The van der Waals surface area contributed by atoms with Crippen LogP contribution in [-0.2, 0) is 20.3 Å². The molecule has 0 aliphatic carbocycles. The molecule has 0 saturated heterocycles. The Labute approximate surface area is 175 Å². The van der Waals surface area contributed by atoms with Crippen LogP contribution < -0.4 is 4.74 Å². The molecule has 1 unspecified atom stereocenters. The lowest BCUT2D eigenvalue weighted by molar-refractivity contribution is 0.0228. The first-order valence-corrected chi connectivity index (χ1v) is 10.9. The van der Waals surface area contributed by atoms with E-state index >= 15 is 0 Å². The smallest absolute Gasteiger partial charge is 0.338 e. The van der Waals surface area contributed by atoms with Gasteiger partial charge in [-0.1, -0.05) is 36.4 Å². The van der Waals surface area contributed by atoms with Crippen LogP contribution in [0.15, 0.2) is 83.8 Å². The molecule has 0 aromatic heterocycles. The Kier molecular flexibility index (Phi) is 6.84. The maximum Gasteiger partial charge on any atom is 0.338 e. The molecule has 5 nitrogen and oxygen atoms in total. The Hall–Kier alpha value is -3.19. The van der Waals surface area contributed by atoms with Gasteiger partial charge in [0.05, 0.1) is 16.2 Å². The van der Waals surface area contributed by atoms with Gasteiger partial charge < -0.3 is 9.47 Å². The molecule has 0 radical (unpaired) electrons. The van der Waals surface area contributed by atoms with Gasteiger partial charge in [-0.3, -0.25) is 0 Å². The Bertz CT molecular complexity index is 1110. The molecule has 0 aliphatic rings. The Morgan fingerprint density at radius 2 is 1.70 bits per heavy atom. The van der Waals surface area contributed by atoms with Crippen LogP contribution in [0, 0.1) is 5.82 Å². The molecular weight excluding hydrogens is 407 g/mol. The van der Waals surface area contributed by atoms with Gasteiger partial charge in [0.2, 0.25) is 0 Å². The summed E-state index contributed by atoms with van der Waals surface area (Å²) in [6, 6.07) is 20.1. The molecule has 1 atom stereocenters. The highest BCUT2D eigenvalue weighted by Gasteiger charge is 2.17. The number of benzene rings is 3. The predicted molar refractivity (Wildman–Crippen MR) is 111 cm³/mol. The van der Waals surface area contributed by atoms with Crippen molar-refractivity contribution >= 4 is 15.8 Å². The summed E-state index contributed by atoms with van der Waals surface area (Å²) in [4.78, 5) is 12.6. The SMILES string of the molecule is CC(COc1cccc(F)c1)OC(=O)c1cccc(CS(=O)(=O)c2ccccc2)c1. The van der Waals surface area contributed by atoms with E-state index in [0.29, 0.717) is 11.3 Å². The summed E-state index contributed by atoms with van der Waals surface area (Å²) < 4.78 is 49.0. The molecule has 0 N–H and O–H groups in total. The highest BCUT2D eigenvalue weighted by atomic mass is 32.2. The van der Waals surface area contributed by atoms with Gasteiger partial charge in [0, 0.05) is 6.07 Å². The van der Waals surface area contributed by atoms with Crippen molar-refractivity contribution in [2.24, 2.45) is 0 Å². The average Bonchev–Trinajstić information content (AvgIpc) is 2.73. The lowest BCUT2D eigenvalue weighted by atomic mass is 10.1. The van der Waals surface area contributed by atoms with E-state index < -0.39 is 27.7 Å². The third-order valence-corrected chi connectivity index (χ3v) is 5.91. The normalized spacial score (nSPS) is 12.2. The van der Waals surface area contributed by atoms with Crippen molar-refractivity contribution in [3.05, 3.63) is 95.8 Å². The van der Waals surface area contributed by atoms with E-state index in [1.165, 1.54) is 36.4 Å². The fraction of sp³-hybridized carbons (Fsp3) is 0.174. The molecule has 0 heterocycles. The van der Waals surface area contributed by atoms with Gasteiger partial charge in [0.1, 0.15) is 24.3 Å². The van der Waals surface area contributed by atoms with Crippen molar-refractivity contribution in [3.63, 3.8) is 0 Å². The van der Waals surface area contributed by atoms with E-state index in [9.17, 15) is 17.6 Å². The summed E-state index contributed by atoms with van der Waals surface area (Å²) in [7, 11) is -3.52. The van der Waals surface area contributed by atoms with Crippen LogP contribution in [0.5, 0.6) is 5.75 Å². The molecule has 0 amide bonds. The minimum atomic E-state index is -3.52. The Morgan fingerprint density at radius 3 is 2.43 bits per heavy atom. The monoisotopic (exact) mass is 428 g/mol. The first-order valence-electron chi connectivity index (χ1n) is 9.29. The maximum absolute atomic E-state index is 13.2. The van der Waals surface area contributed by atoms with Gasteiger partial charge in [-0.05, 0) is 48.9 Å². The van der Waals surface area contributed by atoms with E-state index in [0.717, 1.165) is 0 Å². The molecule has 0 aliphatic heterocycles. The molecule has 3 rings (SSSR count). The molecule has 0 fully saturated rings. The van der Waals surface area contributed by atoms with Gasteiger partial charge in [-0.2, -0.15) is 0 Å². The van der Waals surface area contributed by atoms with E-state index in [1.54, 1.807) is 49.4 Å². The van der Waals surface area contributed by atoms with Gasteiger partial charge in [-0.25, -0.2) is 17.6 Å². The molecule has 3 aromatic rings. The van der Waals surface area contributed by atoms with Crippen molar-refractivity contribution in [1.82, 2.24) is 0 Å². The second-order valence-electron chi connectivity index (χ2n) is 6.76. The quantitative estimate of drug-likeness (QED) is 0.497. The van der Waals surface area contributed by atoms with Crippen molar-refractivity contribution in [1.29, 1.82) is 0 Å². The summed E-state index contributed by atoms with van der Waals surface area (Å²) in [6.07, 6.45) is -0.586. The number of sulfone groups is 1. The van der Waals surface area contributed by atoms with Crippen LogP contribution in [0.2, 0.25) is 0 Å². The summed E-state index contributed by atoms with van der Waals surface area (Å²) in [5.74, 6) is -0.897. The summed E-state index contributed by atoms with van der Waals surface area (Å²) >= 11 is 0. The Morgan fingerprint density at radius 1 is 0.967 bits per heavy atom. The van der Waals surface area contributed by atoms with Crippen LogP contribution in [0.4, 0.5) is 4.39 Å². The molecule has 3 aromatic carbocycles. The standard InChI is InChI=1S/C23H21FO5S/c1-17(15-28-21-10-6-9-20(24)14-21)29-23(25)19-8-5-7-18(13-19)16-30(26,27)22-11-3-2-4-12-22/h2-14,17H,15-16H2,1H3. The van der Waals surface area contributed by atoms with Gasteiger partial charge in [0.15, 0.2) is 9.84 Å².